The van der Waals surface area contributed by atoms with Crippen molar-refractivity contribution < 1.29 is 0 Å². The fraction of sp³-hybridized carbons (Fsp3) is 1.00. The minimum absolute atomic E-state index is 0.473. The molecule has 100 valence electrons. The molecule has 0 bridgehead atoms. The van der Waals surface area contributed by atoms with Crippen molar-refractivity contribution in [1.82, 2.24) is 4.90 Å². The van der Waals surface area contributed by atoms with E-state index in [1.807, 2.05) is 0 Å². The van der Waals surface area contributed by atoms with E-state index in [2.05, 4.69) is 11.8 Å². The lowest BCUT2D eigenvalue weighted by molar-refractivity contribution is 0.157. The molecule has 2 nitrogen and oxygen atoms in total. The quantitative estimate of drug-likeness (QED) is 0.819. The number of rotatable bonds is 3. The average Bonchev–Trinajstić information content (AvgIpc) is 2.60. The van der Waals surface area contributed by atoms with E-state index >= 15 is 0 Å². The monoisotopic (exact) mass is 238 g/mol. The molecule has 2 heteroatoms. The first-order chi connectivity index (χ1) is 8.29. The predicted molar refractivity (Wildman–Crippen MR) is 74.0 cm³/mol. The zero-order valence-electron chi connectivity index (χ0n) is 11.5. The van der Waals surface area contributed by atoms with E-state index in [0.29, 0.717) is 6.04 Å². The SMILES string of the molecule is CCC1CCC(N)C(CN2CCCCCC2)C1. The summed E-state index contributed by atoms with van der Waals surface area (Å²) < 4.78 is 0. The number of hydrogen-bond donors (Lipinski definition) is 1. The van der Waals surface area contributed by atoms with E-state index in [4.69, 9.17) is 5.73 Å². The van der Waals surface area contributed by atoms with Gasteiger partial charge in [0.1, 0.15) is 0 Å². The average molecular weight is 238 g/mol. The molecule has 2 N–H and O–H groups in total. The van der Waals surface area contributed by atoms with Crippen molar-refractivity contribution in [2.24, 2.45) is 17.6 Å². The molecule has 0 aromatic rings. The van der Waals surface area contributed by atoms with Crippen LogP contribution in [0.15, 0.2) is 0 Å². The molecule has 1 heterocycles. The Morgan fingerprint density at radius 1 is 1.06 bits per heavy atom. The number of likely N-dealkylation sites (tertiary alicyclic amines) is 1. The van der Waals surface area contributed by atoms with Crippen molar-refractivity contribution in [2.75, 3.05) is 19.6 Å². The topological polar surface area (TPSA) is 29.3 Å². The Morgan fingerprint density at radius 2 is 1.76 bits per heavy atom. The lowest BCUT2D eigenvalue weighted by Gasteiger charge is -2.36. The maximum atomic E-state index is 6.33. The molecule has 0 radical (unpaired) electrons. The van der Waals surface area contributed by atoms with Crippen molar-refractivity contribution in [3.05, 3.63) is 0 Å². The molecule has 1 aliphatic carbocycles. The Balaban J connectivity index is 1.82. The van der Waals surface area contributed by atoms with Crippen LogP contribution in [0.25, 0.3) is 0 Å². The standard InChI is InChI=1S/C15H30N2/c1-2-13-7-8-15(16)14(11-13)12-17-9-5-3-4-6-10-17/h13-15H,2-12,16H2,1H3. The molecule has 3 atom stereocenters. The van der Waals surface area contributed by atoms with E-state index in [1.165, 1.54) is 71.0 Å². The lowest BCUT2D eigenvalue weighted by atomic mass is 9.77. The fourth-order valence-electron chi connectivity index (χ4n) is 3.62. The molecule has 1 saturated heterocycles. The van der Waals surface area contributed by atoms with Crippen LogP contribution in [0.4, 0.5) is 0 Å². The molecule has 0 spiro atoms. The molecule has 0 aromatic carbocycles. The van der Waals surface area contributed by atoms with E-state index in [1.54, 1.807) is 0 Å². The summed E-state index contributed by atoms with van der Waals surface area (Å²) in [6, 6.07) is 0.473. The summed E-state index contributed by atoms with van der Waals surface area (Å²) in [7, 11) is 0. The molecule has 17 heavy (non-hydrogen) atoms. The van der Waals surface area contributed by atoms with Crippen LogP contribution in [0.1, 0.15) is 58.3 Å². The molecule has 0 amide bonds. The summed E-state index contributed by atoms with van der Waals surface area (Å²) in [6.45, 7) is 6.25. The maximum absolute atomic E-state index is 6.33. The van der Waals surface area contributed by atoms with Crippen LogP contribution in [-0.4, -0.2) is 30.6 Å². The summed E-state index contributed by atoms with van der Waals surface area (Å²) in [5.41, 5.74) is 6.33. The lowest BCUT2D eigenvalue weighted by Crippen LogP contribution is -2.43. The highest BCUT2D eigenvalue weighted by Crippen LogP contribution is 2.31. The van der Waals surface area contributed by atoms with Crippen molar-refractivity contribution in [3.8, 4) is 0 Å². The van der Waals surface area contributed by atoms with Crippen LogP contribution in [0, 0.1) is 11.8 Å². The summed E-state index contributed by atoms with van der Waals surface area (Å²) in [5.74, 6) is 1.72. The van der Waals surface area contributed by atoms with Gasteiger partial charge < -0.3 is 10.6 Å². The van der Waals surface area contributed by atoms with E-state index in [9.17, 15) is 0 Å². The van der Waals surface area contributed by atoms with Crippen molar-refractivity contribution >= 4 is 0 Å². The summed E-state index contributed by atoms with van der Waals surface area (Å²) in [4.78, 5) is 2.69. The van der Waals surface area contributed by atoms with Gasteiger partial charge in [0.25, 0.3) is 0 Å². The Bertz CT molecular complexity index is 209. The van der Waals surface area contributed by atoms with Gasteiger partial charge in [-0.1, -0.05) is 26.2 Å². The van der Waals surface area contributed by atoms with Gasteiger partial charge in [0.05, 0.1) is 0 Å². The molecule has 2 fully saturated rings. The highest BCUT2D eigenvalue weighted by Gasteiger charge is 2.28. The summed E-state index contributed by atoms with van der Waals surface area (Å²) >= 11 is 0. The normalized spacial score (nSPS) is 36.7. The van der Waals surface area contributed by atoms with Crippen molar-refractivity contribution in [2.45, 2.75) is 64.3 Å². The third-order valence-electron chi connectivity index (χ3n) is 4.92. The summed E-state index contributed by atoms with van der Waals surface area (Å²) in [5, 5.41) is 0. The van der Waals surface area contributed by atoms with Crippen LogP contribution < -0.4 is 5.73 Å². The summed E-state index contributed by atoms with van der Waals surface area (Å²) in [6.07, 6.45) is 11.0. The number of hydrogen-bond acceptors (Lipinski definition) is 2. The minimum atomic E-state index is 0.473. The first-order valence-corrected chi connectivity index (χ1v) is 7.77. The van der Waals surface area contributed by atoms with E-state index in [-0.39, 0.29) is 0 Å². The van der Waals surface area contributed by atoms with E-state index in [0.717, 1.165) is 11.8 Å². The van der Waals surface area contributed by atoms with Crippen LogP contribution in [-0.2, 0) is 0 Å². The van der Waals surface area contributed by atoms with Crippen LogP contribution in [0.5, 0.6) is 0 Å². The van der Waals surface area contributed by atoms with Gasteiger partial charge in [-0.3, -0.25) is 0 Å². The second-order valence-corrected chi connectivity index (χ2v) is 6.23. The molecule has 1 aliphatic heterocycles. The van der Waals surface area contributed by atoms with Gasteiger partial charge in [-0.05, 0) is 57.0 Å². The molecule has 2 rings (SSSR count). The molecule has 2 aliphatic rings. The highest BCUT2D eigenvalue weighted by atomic mass is 15.1. The molecule has 3 unspecified atom stereocenters. The Kier molecular flexibility index (Phi) is 5.30. The minimum Gasteiger partial charge on any atom is -0.327 e. The van der Waals surface area contributed by atoms with Crippen molar-refractivity contribution in [3.63, 3.8) is 0 Å². The van der Waals surface area contributed by atoms with Gasteiger partial charge in [-0.15, -0.1) is 0 Å². The second-order valence-electron chi connectivity index (χ2n) is 6.23. The predicted octanol–water partition coefficient (Wildman–Crippen LogP) is 3.02. The Morgan fingerprint density at radius 3 is 2.41 bits per heavy atom. The van der Waals surface area contributed by atoms with Gasteiger partial charge in [0.15, 0.2) is 0 Å². The smallest absolute Gasteiger partial charge is 0.00795 e. The van der Waals surface area contributed by atoms with Gasteiger partial charge in [0, 0.05) is 12.6 Å². The number of nitrogens with two attached hydrogens (primary N) is 1. The second kappa shape index (κ2) is 6.75. The Labute approximate surface area is 107 Å². The van der Waals surface area contributed by atoms with Crippen molar-refractivity contribution in [1.29, 1.82) is 0 Å². The van der Waals surface area contributed by atoms with Gasteiger partial charge in [0.2, 0.25) is 0 Å². The molecule has 0 aromatic heterocycles. The third-order valence-corrected chi connectivity index (χ3v) is 4.92. The van der Waals surface area contributed by atoms with Crippen LogP contribution in [0.2, 0.25) is 0 Å². The third kappa shape index (κ3) is 3.96. The fourth-order valence-corrected chi connectivity index (χ4v) is 3.62. The van der Waals surface area contributed by atoms with Crippen LogP contribution in [0.3, 0.4) is 0 Å². The maximum Gasteiger partial charge on any atom is 0.00795 e. The molecular weight excluding hydrogens is 208 g/mol. The largest absolute Gasteiger partial charge is 0.327 e. The zero-order chi connectivity index (χ0) is 12.1. The van der Waals surface area contributed by atoms with Crippen LogP contribution >= 0.6 is 0 Å². The van der Waals surface area contributed by atoms with E-state index < -0.39 is 0 Å². The first kappa shape index (κ1) is 13.4. The molecular formula is C15H30N2. The zero-order valence-corrected chi connectivity index (χ0v) is 11.5. The number of nitrogens with zero attached hydrogens (tertiary/aromatic N) is 1. The van der Waals surface area contributed by atoms with Gasteiger partial charge in [-0.2, -0.15) is 0 Å². The Hall–Kier alpha value is -0.0800. The molecule has 1 saturated carbocycles. The highest BCUT2D eigenvalue weighted by molar-refractivity contribution is 4.84. The first-order valence-electron chi connectivity index (χ1n) is 7.77. The van der Waals surface area contributed by atoms with Gasteiger partial charge in [-0.25, -0.2) is 0 Å². The van der Waals surface area contributed by atoms with Gasteiger partial charge >= 0.3 is 0 Å².